The number of hydrogen-bond acceptors (Lipinski definition) is 2. The van der Waals surface area contributed by atoms with Gasteiger partial charge in [-0.25, -0.2) is 4.79 Å². The molecule has 0 fully saturated rings. The molecule has 3 amide bonds. The minimum Gasteiger partial charge on any atom is -0.352 e. The van der Waals surface area contributed by atoms with Gasteiger partial charge in [-0.15, -0.1) is 0 Å². The molecule has 5 heteroatoms. The van der Waals surface area contributed by atoms with Crippen molar-refractivity contribution in [3.8, 4) is 0 Å². The molecule has 126 valence electrons. The smallest absolute Gasteiger partial charge is 0.312 e. The predicted molar refractivity (Wildman–Crippen MR) is 95.6 cm³/mol. The summed E-state index contributed by atoms with van der Waals surface area (Å²) in [5.41, 5.74) is 8.05. The third kappa shape index (κ3) is 5.43. The van der Waals surface area contributed by atoms with E-state index in [-0.39, 0.29) is 12.3 Å². The van der Waals surface area contributed by atoms with Gasteiger partial charge in [0.1, 0.15) is 0 Å². The van der Waals surface area contributed by atoms with Gasteiger partial charge < -0.3 is 16.4 Å². The minimum absolute atomic E-state index is 0.115. The second-order valence-electron chi connectivity index (χ2n) is 5.67. The monoisotopic (exact) mass is 325 g/mol. The number of urea groups is 1. The highest BCUT2D eigenvalue weighted by Crippen LogP contribution is 2.18. The van der Waals surface area contributed by atoms with E-state index < -0.39 is 12.1 Å². The molecule has 0 bridgehead atoms. The molecule has 2 aromatic rings. The van der Waals surface area contributed by atoms with Gasteiger partial charge in [0, 0.05) is 5.69 Å². The van der Waals surface area contributed by atoms with Gasteiger partial charge in [-0.3, -0.25) is 4.79 Å². The first-order valence-electron chi connectivity index (χ1n) is 8.08. The lowest BCUT2D eigenvalue weighted by atomic mass is 10.0. The number of nitrogens with one attached hydrogen (secondary N) is 2. The number of hydrogen-bond donors (Lipinski definition) is 3. The van der Waals surface area contributed by atoms with Crippen molar-refractivity contribution < 1.29 is 9.59 Å². The fourth-order valence-corrected chi connectivity index (χ4v) is 2.55. The zero-order valence-electron chi connectivity index (χ0n) is 13.8. The molecule has 0 aliphatic carbocycles. The molecule has 24 heavy (non-hydrogen) atoms. The summed E-state index contributed by atoms with van der Waals surface area (Å²) >= 11 is 0. The Balaban J connectivity index is 2.00. The van der Waals surface area contributed by atoms with Gasteiger partial charge in [0.15, 0.2) is 0 Å². The van der Waals surface area contributed by atoms with Crippen molar-refractivity contribution in [2.45, 2.75) is 32.2 Å². The van der Waals surface area contributed by atoms with Gasteiger partial charge in [0.2, 0.25) is 5.91 Å². The molecule has 1 unspecified atom stereocenters. The van der Waals surface area contributed by atoms with Crippen molar-refractivity contribution >= 4 is 17.6 Å². The van der Waals surface area contributed by atoms with E-state index in [0.717, 1.165) is 24.1 Å². The predicted octanol–water partition coefficient (Wildman–Crippen LogP) is 3.38. The van der Waals surface area contributed by atoms with Gasteiger partial charge in [-0.2, -0.15) is 0 Å². The Morgan fingerprint density at radius 3 is 2.29 bits per heavy atom. The van der Waals surface area contributed by atoms with Crippen LogP contribution in [0.25, 0.3) is 0 Å². The first-order chi connectivity index (χ1) is 11.6. The molecule has 2 aromatic carbocycles. The van der Waals surface area contributed by atoms with Crippen molar-refractivity contribution in [2.75, 3.05) is 5.32 Å². The molecule has 5 nitrogen and oxygen atoms in total. The SMILES string of the molecule is CCCc1ccc(NC(=O)CC(NC(N)=O)c2ccccc2)cc1. The topological polar surface area (TPSA) is 84.2 Å². The van der Waals surface area contributed by atoms with Crippen LogP contribution in [0.1, 0.15) is 36.9 Å². The average Bonchev–Trinajstić information content (AvgIpc) is 2.57. The molecule has 0 radical (unpaired) electrons. The van der Waals surface area contributed by atoms with Crippen molar-refractivity contribution in [3.05, 3.63) is 65.7 Å². The number of nitrogens with two attached hydrogens (primary N) is 1. The first kappa shape index (κ1) is 17.5. The average molecular weight is 325 g/mol. The Morgan fingerprint density at radius 2 is 1.71 bits per heavy atom. The van der Waals surface area contributed by atoms with Crippen LogP contribution in [0.3, 0.4) is 0 Å². The lowest BCUT2D eigenvalue weighted by Gasteiger charge is -2.17. The van der Waals surface area contributed by atoms with E-state index in [0.29, 0.717) is 0 Å². The highest BCUT2D eigenvalue weighted by Gasteiger charge is 2.17. The van der Waals surface area contributed by atoms with E-state index in [1.807, 2.05) is 54.6 Å². The summed E-state index contributed by atoms with van der Waals surface area (Å²) in [7, 11) is 0. The quantitative estimate of drug-likeness (QED) is 0.729. The molecule has 0 saturated carbocycles. The van der Waals surface area contributed by atoms with Crippen molar-refractivity contribution in [1.29, 1.82) is 0 Å². The fraction of sp³-hybridized carbons (Fsp3) is 0.263. The fourth-order valence-electron chi connectivity index (χ4n) is 2.55. The zero-order chi connectivity index (χ0) is 17.4. The van der Waals surface area contributed by atoms with Crippen LogP contribution in [-0.4, -0.2) is 11.9 Å². The largest absolute Gasteiger partial charge is 0.352 e. The number of aryl methyl sites for hydroxylation is 1. The standard InChI is InChI=1S/C19H23N3O2/c1-2-6-14-9-11-16(12-10-14)21-18(23)13-17(22-19(20)24)15-7-4-3-5-8-15/h3-5,7-12,17H,2,6,13H2,1H3,(H,21,23)(H3,20,22,24). The van der Waals surface area contributed by atoms with Crippen LogP contribution in [-0.2, 0) is 11.2 Å². The Labute approximate surface area is 142 Å². The number of anilines is 1. The maximum Gasteiger partial charge on any atom is 0.312 e. The van der Waals surface area contributed by atoms with Gasteiger partial charge in [0.05, 0.1) is 12.5 Å². The third-order valence-electron chi connectivity index (χ3n) is 3.68. The Morgan fingerprint density at radius 1 is 1.04 bits per heavy atom. The summed E-state index contributed by atoms with van der Waals surface area (Å²) in [4.78, 5) is 23.5. The summed E-state index contributed by atoms with van der Waals surface area (Å²) < 4.78 is 0. The van der Waals surface area contributed by atoms with E-state index in [1.165, 1.54) is 5.56 Å². The van der Waals surface area contributed by atoms with Gasteiger partial charge in [-0.05, 0) is 29.7 Å². The lowest BCUT2D eigenvalue weighted by Crippen LogP contribution is -2.35. The van der Waals surface area contributed by atoms with Crippen LogP contribution in [0.15, 0.2) is 54.6 Å². The summed E-state index contributed by atoms with van der Waals surface area (Å²) in [5.74, 6) is -0.180. The van der Waals surface area contributed by atoms with Crippen LogP contribution in [0, 0.1) is 0 Å². The Hall–Kier alpha value is -2.82. The second-order valence-corrected chi connectivity index (χ2v) is 5.67. The van der Waals surface area contributed by atoms with Crippen LogP contribution in [0.5, 0.6) is 0 Å². The minimum atomic E-state index is -0.652. The summed E-state index contributed by atoms with van der Waals surface area (Å²) in [6, 6.07) is 16.0. The number of primary amides is 1. The van der Waals surface area contributed by atoms with E-state index in [9.17, 15) is 9.59 Å². The van der Waals surface area contributed by atoms with Crippen molar-refractivity contribution in [3.63, 3.8) is 0 Å². The van der Waals surface area contributed by atoms with E-state index in [2.05, 4.69) is 17.6 Å². The van der Waals surface area contributed by atoms with Gasteiger partial charge in [-0.1, -0.05) is 55.8 Å². The van der Waals surface area contributed by atoms with Crippen LogP contribution >= 0.6 is 0 Å². The molecular weight excluding hydrogens is 302 g/mol. The number of amides is 3. The second kappa shape index (κ2) is 8.72. The zero-order valence-corrected chi connectivity index (χ0v) is 13.8. The van der Waals surface area contributed by atoms with Crippen molar-refractivity contribution in [2.24, 2.45) is 5.73 Å². The molecule has 0 heterocycles. The normalized spacial score (nSPS) is 11.5. The first-order valence-corrected chi connectivity index (χ1v) is 8.08. The maximum atomic E-state index is 12.3. The molecule has 0 spiro atoms. The molecule has 1 atom stereocenters. The van der Waals surface area contributed by atoms with Gasteiger partial charge in [0.25, 0.3) is 0 Å². The number of rotatable bonds is 7. The molecule has 4 N–H and O–H groups in total. The molecule has 2 rings (SSSR count). The summed E-state index contributed by atoms with van der Waals surface area (Å²) in [5, 5.41) is 5.47. The highest BCUT2D eigenvalue weighted by molar-refractivity contribution is 5.91. The van der Waals surface area contributed by atoms with Gasteiger partial charge >= 0.3 is 6.03 Å². The number of carbonyl (C=O) groups is 2. The van der Waals surface area contributed by atoms with Crippen molar-refractivity contribution in [1.82, 2.24) is 5.32 Å². The van der Waals surface area contributed by atoms with E-state index >= 15 is 0 Å². The molecule has 0 saturated heterocycles. The molecule has 0 aliphatic heterocycles. The van der Waals surface area contributed by atoms with E-state index in [4.69, 9.17) is 5.73 Å². The Bertz CT molecular complexity index is 669. The van der Waals surface area contributed by atoms with Crippen LogP contribution in [0.4, 0.5) is 10.5 Å². The van der Waals surface area contributed by atoms with Crippen LogP contribution < -0.4 is 16.4 Å². The van der Waals surface area contributed by atoms with Crippen LogP contribution in [0.2, 0.25) is 0 Å². The maximum absolute atomic E-state index is 12.3. The molecule has 0 aromatic heterocycles. The van der Waals surface area contributed by atoms with E-state index in [1.54, 1.807) is 0 Å². The summed E-state index contributed by atoms with van der Waals surface area (Å²) in [6.07, 6.45) is 2.22. The third-order valence-corrected chi connectivity index (χ3v) is 3.68. The lowest BCUT2D eigenvalue weighted by molar-refractivity contribution is -0.116. The highest BCUT2D eigenvalue weighted by atomic mass is 16.2. The number of carbonyl (C=O) groups excluding carboxylic acids is 2. The molecule has 0 aliphatic rings. The summed E-state index contributed by atoms with van der Waals surface area (Å²) in [6.45, 7) is 2.13. The number of benzene rings is 2. The molecular formula is C19H23N3O2. The Kier molecular flexibility index (Phi) is 6.37.